The van der Waals surface area contributed by atoms with Crippen molar-refractivity contribution >= 4 is 19.6 Å². The molecule has 11 heavy (non-hydrogen) atoms. The van der Waals surface area contributed by atoms with Gasteiger partial charge in [0.1, 0.15) is 4.47 Å². The zero-order valence-electron chi connectivity index (χ0n) is 5.26. The monoisotopic (exact) mass is 190 g/mol. The second-order valence-electron chi connectivity index (χ2n) is 2.46. The van der Waals surface area contributed by atoms with Crippen LogP contribution in [0, 0.1) is 0 Å². The third kappa shape index (κ3) is 0.481. The van der Waals surface area contributed by atoms with Crippen molar-refractivity contribution in [1.82, 2.24) is 0 Å². The Balaban J connectivity index is 2.34. The van der Waals surface area contributed by atoms with Crippen LogP contribution in [0.25, 0.3) is 0 Å². The van der Waals surface area contributed by atoms with Gasteiger partial charge in [-0.2, -0.15) is 0 Å². The van der Waals surface area contributed by atoms with Gasteiger partial charge in [0.15, 0.2) is 4.91 Å². The number of hydrogen-bond acceptors (Lipinski definition) is 3. The molecule has 0 saturated carbocycles. The van der Waals surface area contributed by atoms with Gasteiger partial charge in [-0.3, -0.25) is 0 Å². The fourth-order valence-electron chi connectivity index (χ4n) is 1.17. The van der Waals surface area contributed by atoms with Crippen molar-refractivity contribution in [3.05, 3.63) is 21.4 Å². The lowest BCUT2D eigenvalue weighted by Crippen LogP contribution is -2.14. The summed E-state index contributed by atoms with van der Waals surface area (Å²) in [5.74, 6) is 0. The fraction of sp³-hybridized carbons (Fsp3) is 0. The van der Waals surface area contributed by atoms with E-state index in [1.807, 2.05) is 5.41 Å². The second kappa shape index (κ2) is 1.19. The Kier molecular flexibility index (Phi) is 0.642. The van der Waals surface area contributed by atoms with E-state index in [9.17, 15) is 8.42 Å². The van der Waals surface area contributed by atoms with Gasteiger partial charge < -0.3 is 0 Å². The molecule has 0 saturated heterocycles. The Labute approximate surface area is 63.6 Å². The molecule has 7 heteroatoms. The van der Waals surface area contributed by atoms with Gasteiger partial charge in [0, 0.05) is 4.05 Å². The molecule has 0 bridgehead atoms. The summed E-state index contributed by atoms with van der Waals surface area (Å²) in [7, 11) is -4.65. The first-order valence-electron chi connectivity index (χ1n) is 2.87. The summed E-state index contributed by atoms with van der Waals surface area (Å²) in [6.07, 6.45) is 1.55. The molecule has 0 aliphatic carbocycles. The highest BCUT2D eigenvalue weighted by atomic mass is 32.2. The Morgan fingerprint density at radius 1 is 1.64 bits per heavy atom. The first kappa shape index (κ1) is 5.92. The number of allylic oxidation sites excluding steroid dienone is 1. The van der Waals surface area contributed by atoms with E-state index in [4.69, 9.17) is 5.14 Å². The molecule has 0 aromatic rings. The molecule has 5 nitrogen and oxygen atoms in total. The zero-order chi connectivity index (χ0) is 7.85. The highest BCUT2D eigenvalue weighted by Crippen LogP contribution is 2.52. The summed E-state index contributed by atoms with van der Waals surface area (Å²) in [5, 5.41) is 7.59. The minimum Gasteiger partial charge on any atom is -0.224 e. The molecular weight excluding hydrogens is 186 g/mol. The molecule has 0 radical (unpaired) electrons. The van der Waals surface area contributed by atoms with E-state index in [2.05, 4.69) is 4.47 Å². The number of sulfonamides is 1. The average molecular weight is 190 g/mol. The van der Waals surface area contributed by atoms with Crippen molar-refractivity contribution in [2.24, 2.45) is 9.61 Å². The fourth-order valence-corrected chi connectivity index (χ4v) is 4.80. The van der Waals surface area contributed by atoms with Crippen LogP contribution < -0.4 is 5.14 Å². The molecule has 2 N–H and O–H groups in total. The lowest BCUT2D eigenvalue weighted by molar-refractivity contribution is -0.369. The van der Waals surface area contributed by atoms with Crippen LogP contribution in [0.3, 0.4) is 0 Å². The maximum Gasteiger partial charge on any atom is 0.371 e. The Bertz CT molecular complexity index is 568. The van der Waals surface area contributed by atoms with E-state index in [0.717, 1.165) is 5.03 Å². The summed E-state index contributed by atoms with van der Waals surface area (Å²) in [6.45, 7) is 0. The molecule has 1 atom stereocenters. The smallest absolute Gasteiger partial charge is 0.224 e. The summed E-state index contributed by atoms with van der Waals surface area (Å²) < 4.78 is 27.4. The molecule has 58 valence electrons. The molecule has 0 fully saturated rings. The third-order valence-electron chi connectivity index (χ3n) is 1.79. The van der Waals surface area contributed by atoms with E-state index >= 15 is 0 Å². The van der Waals surface area contributed by atoms with Crippen molar-refractivity contribution < 1.29 is 12.5 Å². The van der Waals surface area contributed by atoms with Crippen molar-refractivity contribution in [2.75, 3.05) is 0 Å². The lowest BCUT2D eigenvalue weighted by Gasteiger charge is -1.88. The summed E-state index contributed by atoms with van der Waals surface area (Å²) in [5.41, 5.74) is 0. The Hall–Kier alpha value is -0.660. The van der Waals surface area contributed by atoms with Gasteiger partial charge in [-0.15, -0.1) is 0 Å². The normalized spacial score (nSPS) is 36.6. The van der Waals surface area contributed by atoms with Gasteiger partial charge >= 0.3 is 5.03 Å². The summed E-state index contributed by atoms with van der Waals surface area (Å²) in [4.78, 5) is 0.252. The number of hydrogen-bond donors (Lipinski definition) is 1. The molecule has 3 rings (SSSR count). The maximum absolute atomic E-state index is 10.8. The molecule has 1 unspecified atom stereocenters. The van der Waals surface area contributed by atoms with E-state index in [0.29, 0.717) is 0 Å². The van der Waals surface area contributed by atoms with Gasteiger partial charge in [0.2, 0.25) is 10.0 Å². The maximum atomic E-state index is 10.8. The minimum atomic E-state index is -3.51. The Morgan fingerprint density at radius 3 is 2.64 bits per heavy atom. The molecule has 0 amide bonds. The SMILES string of the molecule is NS(=O)(=O)C1=C2[N+]3=S2(=N3)C=C1. The predicted octanol–water partition coefficient (Wildman–Crippen LogP) is -0.553. The summed E-state index contributed by atoms with van der Waals surface area (Å²) in [6, 6.07) is 0. The number of primary sulfonamides is 1. The van der Waals surface area contributed by atoms with Gasteiger partial charge in [-0.25, -0.2) is 13.6 Å². The standard InChI is InChI=1S/C4H4N3O2S2/c5-11(8,9)3-1-2-10-4(3)7(10)6-10/h1-2H,(H2,5,8,9)/q+1. The van der Waals surface area contributed by atoms with Crippen molar-refractivity contribution in [3.8, 4) is 0 Å². The van der Waals surface area contributed by atoms with Crippen LogP contribution >= 0.6 is 0 Å². The predicted molar refractivity (Wildman–Crippen MR) is 39.3 cm³/mol. The van der Waals surface area contributed by atoms with Crippen molar-refractivity contribution in [3.63, 3.8) is 0 Å². The van der Waals surface area contributed by atoms with Crippen molar-refractivity contribution in [2.45, 2.75) is 0 Å². The van der Waals surface area contributed by atoms with E-state index in [1.165, 1.54) is 0 Å². The van der Waals surface area contributed by atoms with Crippen LogP contribution in [0.15, 0.2) is 25.9 Å². The van der Waals surface area contributed by atoms with Gasteiger partial charge in [0.25, 0.3) is 9.62 Å². The van der Waals surface area contributed by atoms with Crippen LogP contribution in [0.1, 0.15) is 0 Å². The second-order valence-corrected chi connectivity index (χ2v) is 6.35. The molecule has 0 aromatic heterocycles. The van der Waals surface area contributed by atoms with Gasteiger partial charge in [0.05, 0.1) is 5.41 Å². The molecule has 0 aromatic carbocycles. The molecular formula is C4H4N3O2S2+. The van der Waals surface area contributed by atoms with Gasteiger partial charge in [-0.1, -0.05) is 0 Å². The number of nitrogens with two attached hydrogens (primary N) is 1. The quantitative estimate of drug-likeness (QED) is 0.563. The molecule has 3 aliphatic rings. The van der Waals surface area contributed by atoms with Crippen LogP contribution in [0.5, 0.6) is 0 Å². The molecule has 3 aliphatic heterocycles. The highest BCUT2D eigenvalue weighted by molar-refractivity contribution is 8.07. The molecule has 1 spiro atoms. The molecule has 3 heterocycles. The third-order valence-corrected chi connectivity index (χ3v) is 5.22. The Morgan fingerprint density at radius 2 is 2.36 bits per heavy atom. The lowest BCUT2D eigenvalue weighted by atomic mass is 10.6. The van der Waals surface area contributed by atoms with Crippen LogP contribution in [-0.4, -0.2) is 12.5 Å². The highest BCUT2D eigenvalue weighted by Gasteiger charge is 2.70. The number of rotatable bonds is 1. The first-order chi connectivity index (χ1) is 5.06. The zero-order valence-corrected chi connectivity index (χ0v) is 6.89. The average Bonchev–Trinajstić information content (AvgIpc) is 2.61. The van der Waals surface area contributed by atoms with E-state index < -0.39 is 19.6 Å². The van der Waals surface area contributed by atoms with Crippen LogP contribution in [-0.2, 0) is 19.6 Å². The first-order valence-corrected chi connectivity index (χ1v) is 6.03. The van der Waals surface area contributed by atoms with Crippen molar-refractivity contribution in [1.29, 1.82) is 0 Å². The number of nitrogens with zero attached hydrogens (tertiary/aromatic N) is 2. The van der Waals surface area contributed by atoms with Crippen LogP contribution in [0.4, 0.5) is 0 Å². The van der Waals surface area contributed by atoms with Crippen LogP contribution in [0.2, 0.25) is 0 Å². The van der Waals surface area contributed by atoms with E-state index in [1.54, 1.807) is 10.1 Å². The van der Waals surface area contributed by atoms with E-state index in [-0.39, 0.29) is 4.91 Å². The number of fused-ring (bicyclic) bond motifs is 1. The summed E-state index contributed by atoms with van der Waals surface area (Å²) >= 11 is 0. The topological polar surface area (TPSA) is 75.5 Å². The largest absolute Gasteiger partial charge is 0.371 e. The minimum absolute atomic E-state index is 0.252. The van der Waals surface area contributed by atoms with Gasteiger partial charge in [-0.05, 0) is 6.08 Å².